The van der Waals surface area contributed by atoms with Gasteiger partial charge in [-0.15, -0.1) is 0 Å². The second-order valence-corrected chi connectivity index (χ2v) is 9.17. The number of halogens is 2. The highest BCUT2D eigenvalue weighted by Crippen LogP contribution is 2.46. The Morgan fingerprint density at radius 1 is 0.967 bits per heavy atom. The Balaban J connectivity index is 1.93. The molecule has 2 unspecified atom stereocenters. The van der Waals surface area contributed by atoms with Gasteiger partial charge >= 0.3 is 5.97 Å². The number of nitrogens with zero attached hydrogens (tertiary/aromatic N) is 1. The summed E-state index contributed by atoms with van der Waals surface area (Å²) in [7, 11) is 0. The molecule has 3 atom stereocenters. The van der Waals surface area contributed by atoms with Gasteiger partial charge in [0.25, 0.3) is 5.91 Å². The van der Waals surface area contributed by atoms with Gasteiger partial charge in [-0.1, -0.05) is 74.3 Å². The molecule has 0 saturated carbocycles. The van der Waals surface area contributed by atoms with Crippen LogP contribution in [0.2, 0.25) is 0 Å². The first-order chi connectivity index (χ1) is 14.4. The largest absolute Gasteiger partial charge is 0.481 e. The number of carboxylic acids is 1. The van der Waals surface area contributed by atoms with Gasteiger partial charge < -0.3 is 10.0 Å². The molecule has 1 amide bonds. The van der Waals surface area contributed by atoms with Crippen LogP contribution >= 0.6 is 31.9 Å². The van der Waals surface area contributed by atoms with Gasteiger partial charge in [-0.3, -0.25) is 9.59 Å². The number of aliphatic carboxylic acids is 1. The lowest BCUT2D eigenvalue weighted by Gasteiger charge is -2.44. The number of carbonyl (C=O) groups excluding carboxylic acids is 1. The SMILES string of the molecule is C[C@@H](c1cccc(Br)c1)N1C(=O)c2ccccc2C(C(=O)O)C1c1ccc(Br)cc1. The number of carbonyl (C=O) groups is 2. The summed E-state index contributed by atoms with van der Waals surface area (Å²) in [5.41, 5.74) is 2.72. The van der Waals surface area contributed by atoms with Crippen molar-refractivity contribution in [2.24, 2.45) is 0 Å². The molecule has 4 rings (SSSR count). The molecule has 1 N–H and O–H groups in total. The van der Waals surface area contributed by atoms with Crippen molar-refractivity contribution in [2.45, 2.75) is 24.9 Å². The molecule has 0 saturated heterocycles. The van der Waals surface area contributed by atoms with Gasteiger partial charge in [0.15, 0.2) is 0 Å². The van der Waals surface area contributed by atoms with Gasteiger partial charge in [0, 0.05) is 14.5 Å². The van der Waals surface area contributed by atoms with Crippen molar-refractivity contribution in [3.8, 4) is 0 Å². The topological polar surface area (TPSA) is 57.6 Å². The van der Waals surface area contributed by atoms with Gasteiger partial charge in [-0.05, 0) is 53.9 Å². The smallest absolute Gasteiger partial charge is 0.313 e. The summed E-state index contributed by atoms with van der Waals surface area (Å²) in [5, 5.41) is 10.2. The van der Waals surface area contributed by atoms with Crippen molar-refractivity contribution in [2.75, 3.05) is 0 Å². The summed E-state index contributed by atoms with van der Waals surface area (Å²) >= 11 is 6.93. The van der Waals surface area contributed by atoms with Crippen LogP contribution in [0.4, 0.5) is 0 Å². The van der Waals surface area contributed by atoms with Crippen molar-refractivity contribution < 1.29 is 14.7 Å². The van der Waals surface area contributed by atoms with Crippen LogP contribution in [0.25, 0.3) is 0 Å². The fourth-order valence-corrected chi connectivity index (χ4v) is 4.87. The lowest BCUT2D eigenvalue weighted by atomic mass is 9.78. The molecule has 0 fully saturated rings. The van der Waals surface area contributed by atoms with E-state index < -0.39 is 17.9 Å². The van der Waals surface area contributed by atoms with Crippen LogP contribution in [0, 0.1) is 0 Å². The summed E-state index contributed by atoms with van der Waals surface area (Å²) in [5.74, 6) is -1.98. The van der Waals surface area contributed by atoms with Crippen LogP contribution in [0.15, 0.2) is 81.7 Å². The molecular weight excluding hydrogens is 510 g/mol. The quantitative estimate of drug-likeness (QED) is 0.430. The number of rotatable bonds is 4. The average molecular weight is 529 g/mol. The number of benzene rings is 3. The molecule has 3 aromatic carbocycles. The van der Waals surface area contributed by atoms with E-state index in [9.17, 15) is 14.7 Å². The fourth-order valence-electron chi connectivity index (χ4n) is 4.18. The molecule has 0 aromatic heterocycles. The summed E-state index contributed by atoms with van der Waals surface area (Å²) in [4.78, 5) is 27.8. The van der Waals surface area contributed by atoms with Gasteiger partial charge in [0.2, 0.25) is 0 Å². The maximum Gasteiger partial charge on any atom is 0.313 e. The van der Waals surface area contributed by atoms with E-state index in [2.05, 4.69) is 31.9 Å². The average Bonchev–Trinajstić information content (AvgIpc) is 2.73. The van der Waals surface area contributed by atoms with E-state index in [1.807, 2.05) is 55.5 Å². The summed E-state index contributed by atoms with van der Waals surface area (Å²) < 4.78 is 1.80. The number of hydrogen-bond donors (Lipinski definition) is 1. The highest BCUT2D eigenvalue weighted by Gasteiger charge is 2.46. The van der Waals surface area contributed by atoms with Gasteiger partial charge in [-0.2, -0.15) is 0 Å². The van der Waals surface area contributed by atoms with Gasteiger partial charge in [-0.25, -0.2) is 0 Å². The van der Waals surface area contributed by atoms with Crippen molar-refractivity contribution in [3.05, 3.63) is 104 Å². The zero-order valence-corrected chi connectivity index (χ0v) is 19.3. The molecular formula is C24H19Br2NO3. The zero-order chi connectivity index (χ0) is 21.4. The summed E-state index contributed by atoms with van der Waals surface area (Å²) in [6, 6.07) is 21.4. The molecule has 0 spiro atoms. The number of hydrogen-bond acceptors (Lipinski definition) is 2. The molecule has 1 aliphatic heterocycles. The third-order valence-corrected chi connectivity index (χ3v) is 6.62. The lowest BCUT2D eigenvalue weighted by Crippen LogP contribution is -2.46. The minimum Gasteiger partial charge on any atom is -0.481 e. The Morgan fingerprint density at radius 3 is 2.33 bits per heavy atom. The molecule has 3 aromatic rings. The first-order valence-electron chi connectivity index (χ1n) is 9.54. The van der Waals surface area contributed by atoms with Crippen LogP contribution < -0.4 is 0 Å². The zero-order valence-electron chi connectivity index (χ0n) is 16.1. The van der Waals surface area contributed by atoms with Crippen molar-refractivity contribution in [3.63, 3.8) is 0 Å². The molecule has 30 heavy (non-hydrogen) atoms. The van der Waals surface area contributed by atoms with Crippen LogP contribution in [0.1, 0.15) is 52.0 Å². The predicted octanol–water partition coefficient (Wildman–Crippen LogP) is 6.34. The number of amides is 1. The fraction of sp³-hybridized carbons (Fsp3) is 0.167. The minimum absolute atomic E-state index is 0.163. The van der Waals surface area contributed by atoms with E-state index in [-0.39, 0.29) is 11.9 Å². The van der Waals surface area contributed by atoms with Crippen molar-refractivity contribution in [1.82, 2.24) is 4.90 Å². The summed E-state index contributed by atoms with van der Waals surface area (Å²) in [6.07, 6.45) is 0. The van der Waals surface area contributed by atoms with Gasteiger partial charge in [0.05, 0.1) is 12.1 Å². The van der Waals surface area contributed by atoms with Gasteiger partial charge in [0.1, 0.15) is 5.92 Å². The highest BCUT2D eigenvalue weighted by molar-refractivity contribution is 9.10. The standard InChI is InChI=1S/C24H19Br2NO3/c1-14(16-5-4-6-18(26)13-16)27-22(15-9-11-17(25)12-10-15)21(24(29)30)19-7-2-3-8-20(19)23(27)28/h2-14,21-22H,1H3,(H,29,30)/t14-,21?,22?/m0/s1. The van der Waals surface area contributed by atoms with E-state index in [0.29, 0.717) is 11.1 Å². The molecule has 4 nitrogen and oxygen atoms in total. The Hall–Kier alpha value is -2.44. The Labute approximate surface area is 191 Å². The third kappa shape index (κ3) is 3.70. The second kappa shape index (κ2) is 8.36. The Kier molecular flexibility index (Phi) is 5.80. The van der Waals surface area contributed by atoms with Crippen molar-refractivity contribution in [1.29, 1.82) is 0 Å². The first-order valence-corrected chi connectivity index (χ1v) is 11.1. The maximum absolute atomic E-state index is 13.6. The molecule has 0 bridgehead atoms. The highest BCUT2D eigenvalue weighted by atomic mass is 79.9. The lowest BCUT2D eigenvalue weighted by molar-refractivity contribution is -0.140. The van der Waals surface area contributed by atoms with E-state index in [1.165, 1.54) is 0 Å². The summed E-state index contributed by atoms with van der Waals surface area (Å²) in [6.45, 7) is 1.94. The van der Waals surface area contributed by atoms with Crippen LogP contribution in [-0.4, -0.2) is 21.9 Å². The van der Waals surface area contributed by atoms with E-state index in [0.717, 1.165) is 20.1 Å². The number of fused-ring (bicyclic) bond motifs is 1. The van der Waals surface area contributed by atoms with Crippen LogP contribution in [0.3, 0.4) is 0 Å². The van der Waals surface area contributed by atoms with Crippen LogP contribution in [0.5, 0.6) is 0 Å². The third-order valence-electron chi connectivity index (χ3n) is 5.60. The minimum atomic E-state index is -0.950. The van der Waals surface area contributed by atoms with E-state index in [1.54, 1.807) is 29.2 Å². The molecule has 0 aliphatic carbocycles. The normalized spacial score (nSPS) is 19.3. The molecule has 152 valence electrons. The molecule has 0 radical (unpaired) electrons. The molecule has 1 aliphatic rings. The predicted molar refractivity (Wildman–Crippen MR) is 122 cm³/mol. The maximum atomic E-state index is 13.6. The number of carboxylic acid groups (broad SMARTS) is 1. The molecule has 1 heterocycles. The second-order valence-electron chi connectivity index (χ2n) is 7.34. The monoisotopic (exact) mass is 527 g/mol. The first kappa shape index (κ1) is 20.8. The van der Waals surface area contributed by atoms with Crippen molar-refractivity contribution >= 4 is 43.7 Å². The molecule has 6 heteroatoms. The Morgan fingerprint density at radius 2 is 1.67 bits per heavy atom. The van der Waals surface area contributed by atoms with Crippen LogP contribution in [-0.2, 0) is 4.79 Å². The van der Waals surface area contributed by atoms with E-state index in [4.69, 9.17) is 0 Å². The van der Waals surface area contributed by atoms with E-state index >= 15 is 0 Å². The Bertz CT molecular complexity index is 1110.